The van der Waals surface area contributed by atoms with Gasteiger partial charge in [-0.3, -0.25) is 0 Å². The lowest BCUT2D eigenvalue weighted by Crippen LogP contribution is -2.43. The highest BCUT2D eigenvalue weighted by Gasteiger charge is 2.33. The van der Waals surface area contributed by atoms with E-state index in [4.69, 9.17) is 23.9 Å². The van der Waals surface area contributed by atoms with Gasteiger partial charge in [0, 0.05) is 37.9 Å². The molecule has 1 saturated carbocycles. The molecule has 1 fully saturated rings. The summed E-state index contributed by atoms with van der Waals surface area (Å²) in [4.78, 5) is 4.80. The zero-order valence-corrected chi connectivity index (χ0v) is 22.0. The van der Waals surface area contributed by atoms with Crippen molar-refractivity contribution in [3.05, 3.63) is 17.7 Å². The smallest absolute Gasteiger partial charge is 0.191 e. The molecule has 0 radical (unpaired) electrons. The summed E-state index contributed by atoms with van der Waals surface area (Å²) in [5, 5.41) is 6.94. The first-order valence-electron chi connectivity index (χ1n) is 11.0. The van der Waals surface area contributed by atoms with Gasteiger partial charge in [-0.05, 0) is 44.6 Å². The minimum Gasteiger partial charge on any atom is -0.496 e. The van der Waals surface area contributed by atoms with Crippen LogP contribution >= 0.6 is 24.0 Å². The number of methoxy groups -OCH3 is 3. The molecular formula is C23H40IN3O4. The van der Waals surface area contributed by atoms with Gasteiger partial charge >= 0.3 is 0 Å². The van der Waals surface area contributed by atoms with Crippen LogP contribution in [0.1, 0.15) is 51.5 Å². The van der Waals surface area contributed by atoms with Crippen LogP contribution in [0, 0.1) is 5.41 Å². The summed E-state index contributed by atoms with van der Waals surface area (Å²) >= 11 is 0. The second kappa shape index (κ2) is 14.6. The van der Waals surface area contributed by atoms with E-state index in [0.717, 1.165) is 50.0 Å². The van der Waals surface area contributed by atoms with Gasteiger partial charge in [-0.15, -0.1) is 24.0 Å². The van der Waals surface area contributed by atoms with Gasteiger partial charge in [0.1, 0.15) is 5.75 Å². The zero-order valence-electron chi connectivity index (χ0n) is 19.7. The summed E-state index contributed by atoms with van der Waals surface area (Å²) in [7, 11) is 4.90. The molecular weight excluding hydrogens is 509 g/mol. The Hall–Kier alpha value is -1.42. The van der Waals surface area contributed by atoms with E-state index in [1.54, 1.807) is 21.3 Å². The summed E-state index contributed by atoms with van der Waals surface area (Å²) < 4.78 is 22.0. The van der Waals surface area contributed by atoms with E-state index in [1.807, 2.05) is 12.1 Å². The maximum absolute atomic E-state index is 5.64. The minimum absolute atomic E-state index is 0. The molecule has 0 aromatic heterocycles. The molecule has 1 aliphatic rings. The first kappa shape index (κ1) is 27.6. The van der Waals surface area contributed by atoms with Crippen molar-refractivity contribution in [2.45, 2.75) is 52.5 Å². The molecule has 2 rings (SSSR count). The van der Waals surface area contributed by atoms with E-state index < -0.39 is 0 Å². The highest BCUT2D eigenvalue weighted by Crippen LogP contribution is 2.40. The van der Waals surface area contributed by atoms with E-state index in [0.29, 0.717) is 23.5 Å². The maximum atomic E-state index is 5.64. The van der Waals surface area contributed by atoms with Gasteiger partial charge in [0.05, 0.1) is 27.9 Å². The highest BCUT2D eigenvalue weighted by atomic mass is 127. The third-order valence-corrected chi connectivity index (χ3v) is 5.81. The number of ether oxygens (including phenoxy) is 4. The van der Waals surface area contributed by atoms with Crippen molar-refractivity contribution < 1.29 is 18.9 Å². The number of nitrogens with zero attached hydrogens (tertiary/aromatic N) is 1. The topological polar surface area (TPSA) is 73.3 Å². The van der Waals surface area contributed by atoms with Crippen molar-refractivity contribution in [1.82, 2.24) is 10.6 Å². The lowest BCUT2D eigenvalue weighted by Gasteiger charge is -2.30. The quantitative estimate of drug-likeness (QED) is 0.175. The Labute approximate surface area is 204 Å². The van der Waals surface area contributed by atoms with E-state index >= 15 is 0 Å². The largest absolute Gasteiger partial charge is 0.496 e. The summed E-state index contributed by atoms with van der Waals surface area (Å²) in [6.45, 7) is 7.93. The number of rotatable bonds is 12. The Balaban J connectivity index is 0.00000480. The molecule has 1 aliphatic carbocycles. The van der Waals surface area contributed by atoms with E-state index in [-0.39, 0.29) is 24.0 Å². The first-order chi connectivity index (χ1) is 14.6. The van der Waals surface area contributed by atoms with E-state index in [9.17, 15) is 0 Å². The van der Waals surface area contributed by atoms with Gasteiger partial charge in [-0.1, -0.05) is 12.8 Å². The predicted molar refractivity (Wildman–Crippen MR) is 136 cm³/mol. The van der Waals surface area contributed by atoms with Crippen molar-refractivity contribution in [2.75, 3.05) is 47.6 Å². The lowest BCUT2D eigenvalue weighted by molar-refractivity contribution is 0.105. The first-order valence-corrected chi connectivity index (χ1v) is 11.0. The molecule has 0 spiro atoms. The highest BCUT2D eigenvalue weighted by molar-refractivity contribution is 14.0. The number of hydrogen-bond acceptors (Lipinski definition) is 5. The van der Waals surface area contributed by atoms with Crippen LogP contribution in [0.4, 0.5) is 0 Å². The van der Waals surface area contributed by atoms with E-state index in [1.165, 1.54) is 25.7 Å². The number of halogens is 1. The summed E-state index contributed by atoms with van der Waals surface area (Å²) in [6, 6.07) is 3.76. The van der Waals surface area contributed by atoms with Crippen LogP contribution in [0.2, 0.25) is 0 Å². The molecule has 0 amide bonds. The fraction of sp³-hybridized carbons (Fsp3) is 0.696. The third kappa shape index (κ3) is 8.21. The fourth-order valence-electron chi connectivity index (χ4n) is 4.07. The van der Waals surface area contributed by atoms with Gasteiger partial charge < -0.3 is 29.6 Å². The number of aliphatic imine (C=N–C) groups is 1. The van der Waals surface area contributed by atoms with Crippen LogP contribution in [-0.2, 0) is 11.3 Å². The van der Waals surface area contributed by atoms with Gasteiger partial charge in [-0.2, -0.15) is 0 Å². The van der Waals surface area contributed by atoms with Crippen LogP contribution in [0.15, 0.2) is 17.1 Å². The average Bonchev–Trinajstić information content (AvgIpc) is 3.24. The van der Waals surface area contributed by atoms with Gasteiger partial charge in [0.2, 0.25) is 0 Å². The Morgan fingerprint density at radius 1 is 0.968 bits per heavy atom. The number of benzene rings is 1. The molecule has 0 heterocycles. The van der Waals surface area contributed by atoms with Gasteiger partial charge in [0.25, 0.3) is 0 Å². The molecule has 31 heavy (non-hydrogen) atoms. The number of hydrogen-bond donors (Lipinski definition) is 2. The molecule has 0 saturated heterocycles. The summed E-state index contributed by atoms with van der Waals surface area (Å²) in [5.74, 6) is 2.86. The zero-order chi connectivity index (χ0) is 21.8. The van der Waals surface area contributed by atoms with E-state index in [2.05, 4.69) is 24.5 Å². The molecule has 0 unspecified atom stereocenters. The fourth-order valence-corrected chi connectivity index (χ4v) is 4.07. The Morgan fingerprint density at radius 3 is 2.19 bits per heavy atom. The van der Waals surface area contributed by atoms with Crippen molar-refractivity contribution in [2.24, 2.45) is 10.4 Å². The molecule has 8 heteroatoms. The average molecular weight is 549 g/mol. The second-order valence-electron chi connectivity index (χ2n) is 7.72. The SMILES string of the molecule is CCNC(=NCc1cc(OC)c(OC)cc1OC)NCC1(CCOCC)CCCC1.I. The standard InChI is InChI=1S/C23H39N3O4.HI/c1-6-24-22(26-17-23(10-8-9-11-23)12-13-30-7-2)25-16-18-14-20(28-4)21(29-5)15-19(18)27-3;/h14-15H,6-13,16-17H2,1-5H3,(H2,24,25,26);1H. The summed E-state index contributed by atoms with van der Waals surface area (Å²) in [6.07, 6.45) is 6.18. The molecule has 7 nitrogen and oxygen atoms in total. The molecule has 0 bridgehead atoms. The van der Waals surface area contributed by atoms with Crippen LogP contribution < -0.4 is 24.8 Å². The molecule has 0 atom stereocenters. The lowest BCUT2D eigenvalue weighted by atomic mass is 9.83. The third-order valence-electron chi connectivity index (χ3n) is 5.81. The predicted octanol–water partition coefficient (Wildman–Crippen LogP) is 4.37. The second-order valence-corrected chi connectivity index (χ2v) is 7.72. The van der Waals surface area contributed by atoms with Crippen LogP contribution in [0.25, 0.3) is 0 Å². The van der Waals surface area contributed by atoms with Crippen molar-refractivity contribution in [1.29, 1.82) is 0 Å². The molecule has 2 N–H and O–H groups in total. The maximum Gasteiger partial charge on any atom is 0.191 e. The van der Waals surface area contributed by atoms with Crippen LogP contribution in [-0.4, -0.2) is 53.6 Å². The van der Waals surface area contributed by atoms with Gasteiger partial charge in [-0.25, -0.2) is 4.99 Å². The minimum atomic E-state index is 0. The monoisotopic (exact) mass is 549 g/mol. The van der Waals surface area contributed by atoms with Crippen LogP contribution in [0.3, 0.4) is 0 Å². The molecule has 1 aromatic carbocycles. The number of nitrogens with one attached hydrogen (secondary N) is 2. The van der Waals surface area contributed by atoms with Crippen molar-refractivity contribution >= 4 is 29.9 Å². The van der Waals surface area contributed by atoms with Crippen molar-refractivity contribution in [3.8, 4) is 17.2 Å². The normalized spacial score (nSPS) is 15.2. The molecule has 0 aliphatic heterocycles. The Bertz CT molecular complexity index is 679. The van der Waals surface area contributed by atoms with Gasteiger partial charge in [0.15, 0.2) is 17.5 Å². The van der Waals surface area contributed by atoms with Crippen molar-refractivity contribution in [3.63, 3.8) is 0 Å². The molecule has 1 aromatic rings. The number of guanidine groups is 1. The molecule has 178 valence electrons. The Kier molecular flexibility index (Phi) is 13.0. The summed E-state index contributed by atoms with van der Waals surface area (Å²) in [5.41, 5.74) is 1.24. The van der Waals surface area contributed by atoms with Crippen LogP contribution in [0.5, 0.6) is 17.2 Å². The Morgan fingerprint density at radius 2 is 1.61 bits per heavy atom.